The van der Waals surface area contributed by atoms with E-state index in [-0.39, 0.29) is 11.7 Å². The highest BCUT2D eigenvalue weighted by Gasteiger charge is 2.08. The van der Waals surface area contributed by atoms with Crippen LogP contribution in [0.5, 0.6) is 5.75 Å². The molecule has 0 radical (unpaired) electrons. The van der Waals surface area contributed by atoms with Crippen molar-refractivity contribution in [2.45, 2.75) is 19.6 Å². The molecule has 25 heavy (non-hydrogen) atoms. The number of carbonyl (C=O) groups is 1. The van der Waals surface area contributed by atoms with Crippen molar-refractivity contribution in [3.8, 4) is 5.75 Å². The molecule has 4 nitrogen and oxygen atoms in total. The minimum atomic E-state index is -2.87. The number of nitrogens with zero attached hydrogens (tertiary/aromatic N) is 1. The zero-order chi connectivity index (χ0) is 18.1. The summed E-state index contributed by atoms with van der Waals surface area (Å²) in [4.78, 5) is 14.2. The maximum atomic E-state index is 12.1. The third-order valence-electron chi connectivity index (χ3n) is 3.64. The van der Waals surface area contributed by atoms with Crippen molar-refractivity contribution < 1.29 is 18.3 Å². The van der Waals surface area contributed by atoms with Gasteiger partial charge in [-0.3, -0.25) is 4.79 Å². The van der Waals surface area contributed by atoms with Gasteiger partial charge in [-0.25, -0.2) is 0 Å². The zero-order valence-corrected chi connectivity index (χ0v) is 14.1. The molecule has 0 saturated heterocycles. The van der Waals surface area contributed by atoms with E-state index in [1.165, 1.54) is 29.8 Å². The highest BCUT2D eigenvalue weighted by atomic mass is 19.3. The Morgan fingerprint density at radius 1 is 1.12 bits per heavy atom. The topological polar surface area (TPSA) is 41.6 Å². The highest BCUT2D eigenvalue weighted by Crippen LogP contribution is 2.14. The van der Waals surface area contributed by atoms with Crippen molar-refractivity contribution in [1.82, 2.24) is 10.2 Å². The van der Waals surface area contributed by atoms with Gasteiger partial charge in [-0.2, -0.15) is 8.78 Å². The second-order valence-electron chi connectivity index (χ2n) is 5.74. The molecule has 0 atom stereocenters. The van der Waals surface area contributed by atoms with Gasteiger partial charge in [0.25, 0.3) is 5.91 Å². The minimum absolute atomic E-state index is 0.0362. The molecule has 1 amide bonds. The van der Waals surface area contributed by atoms with Crippen molar-refractivity contribution >= 4 is 5.91 Å². The van der Waals surface area contributed by atoms with Crippen LogP contribution in [0.4, 0.5) is 8.78 Å². The summed E-state index contributed by atoms with van der Waals surface area (Å²) in [5.74, 6) is -0.191. The molecule has 1 N–H and O–H groups in total. The number of benzene rings is 2. The number of alkyl halides is 2. The first-order chi connectivity index (χ1) is 12.0. The quantitative estimate of drug-likeness (QED) is 0.705. The van der Waals surface area contributed by atoms with Gasteiger partial charge in [-0.15, -0.1) is 0 Å². The van der Waals surface area contributed by atoms with Gasteiger partial charge in [0.2, 0.25) is 0 Å². The monoisotopic (exact) mass is 348 g/mol. The van der Waals surface area contributed by atoms with Crippen LogP contribution in [0.3, 0.4) is 0 Å². The van der Waals surface area contributed by atoms with E-state index in [1.807, 2.05) is 25.2 Å². The maximum Gasteiger partial charge on any atom is 0.387 e. The van der Waals surface area contributed by atoms with Crippen molar-refractivity contribution in [2.24, 2.45) is 0 Å². The highest BCUT2D eigenvalue weighted by molar-refractivity contribution is 5.94. The predicted molar refractivity (Wildman–Crippen MR) is 92.8 cm³/mol. The molecule has 0 bridgehead atoms. The molecule has 0 aliphatic rings. The van der Waals surface area contributed by atoms with Crippen molar-refractivity contribution in [3.05, 3.63) is 65.7 Å². The Morgan fingerprint density at radius 3 is 2.44 bits per heavy atom. The fourth-order valence-corrected chi connectivity index (χ4v) is 2.41. The second-order valence-corrected chi connectivity index (χ2v) is 5.74. The average Bonchev–Trinajstić information content (AvgIpc) is 2.59. The molecule has 6 heteroatoms. The van der Waals surface area contributed by atoms with E-state index in [2.05, 4.69) is 27.1 Å². The number of amides is 1. The van der Waals surface area contributed by atoms with Gasteiger partial charge in [0.1, 0.15) is 5.75 Å². The summed E-state index contributed by atoms with van der Waals surface area (Å²) < 4.78 is 28.4. The van der Waals surface area contributed by atoms with Gasteiger partial charge in [-0.1, -0.05) is 30.3 Å². The summed E-state index contributed by atoms with van der Waals surface area (Å²) in [7, 11) is 2.04. The molecular formula is C19H22F2N2O2. The zero-order valence-electron chi connectivity index (χ0n) is 14.1. The third-order valence-corrected chi connectivity index (χ3v) is 3.64. The van der Waals surface area contributed by atoms with E-state index < -0.39 is 6.61 Å². The molecular weight excluding hydrogens is 326 g/mol. The molecule has 2 rings (SSSR count). The lowest BCUT2D eigenvalue weighted by atomic mass is 10.2. The molecule has 2 aromatic carbocycles. The Balaban J connectivity index is 1.68. The van der Waals surface area contributed by atoms with Gasteiger partial charge in [-0.05, 0) is 49.8 Å². The fourth-order valence-electron chi connectivity index (χ4n) is 2.41. The molecule has 2 aromatic rings. The number of carbonyl (C=O) groups excluding carboxylic acids is 1. The Hall–Kier alpha value is -2.47. The van der Waals surface area contributed by atoms with Gasteiger partial charge < -0.3 is 15.0 Å². The lowest BCUT2D eigenvalue weighted by molar-refractivity contribution is -0.0498. The predicted octanol–water partition coefficient (Wildman–Crippen LogP) is 3.54. The molecule has 0 heterocycles. The number of hydrogen-bond acceptors (Lipinski definition) is 3. The number of ether oxygens (including phenoxy) is 1. The van der Waals surface area contributed by atoms with Gasteiger partial charge in [0.05, 0.1) is 0 Å². The van der Waals surface area contributed by atoms with Crippen LogP contribution < -0.4 is 10.1 Å². The summed E-state index contributed by atoms with van der Waals surface area (Å²) in [5.41, 5.74) is 1.67. The molecule has 134 valence electrons. The van der Waals surface area contributed by atoms with E-state index in [0.29, 0.717) is 12.1 Å². The smallest absolute Gasteiger partial charge is 0.387 e. The van der Waals surface area contributed by atoms with Crippen LogP contribution in [0, 0.1) is 0 Å². The molecule has 0 aromatic heterocycles. The van der Waals surface area contributed by atoms with Crippen LogP contribution in [0.25, 0.3) is 0 Å². The Labute approximate surface area is 146 Å². The summed E-state index contributed by atoms with van der Waals surface area (Å²) in [5, 5.41) is 2.82. The molecule has 0 fully saturated rings. The number of nitrogens with one attached hydrogen (secondary N) is 1. The fraction of sp³-hybridized carbons (Fsp3) is 0.316. The molecule has 0 aliphatic heterocycles. The summed E-state index contributed by atoms with van der Waals surface area (Å²) in [6, 6.07) is 15.8. The molecule has 0 unspecified atom stereocenters. The second kappa shape index (κ2) is 9.74. The molecule has 0 saturated carbocycles. The summed E-state index contributed by atoms with van der Waals surface area (Å²) >= 11 is 0. The van der Waals surface area contributed by atoms with E-state index in [0.717, 1.165) is 19.5 Å². The maximum absolute atomic E-state index is 12.1. The number of rotatable bonds is 9. The van der Waals surface area contributed by atoms with Crippen molar-refractivity contribution in [3.63, 3.8) is 0 Å². The van der Waals surface area contributed by atoms with Crippen LogP contribution in [-0.2, 0) is 6.54 Å². The largest absolute Gasteiger partial charge is 0.435 e. The van der Waals surface area contributed by atoms with Crippen LogP contribution in [0.1, 0.15) is 22.3 Å². The normalized spacial score (nSPS) is 10.9. The number of halogens is 2. The standard InChI is InChI=1S/C19H22F2N2O2/c1-23(14-15-6-3-2-4-7-15)13-5-12-22-18(24)16-8-10-17(11-9-16)25-19(20)21/h2-4,6-11,19H,5,12-14H2,1H3,(H,22,24). The van der Waals surface area contributed by atoms with Crippen LogP contribution in [0.2, 0.25) is 0 Å². The van der Waals surface area contributed by atoms with Gasteiger partial charge in [0.15, 0.2) is 0 Å². The first-order valence-corrected chi connectivity index (χ1v) is 8.10. The summed E-state index contributed by atoms with van der Waals surface area (Å²) in [6.07, 6.45) is 0.821. The van der Waals surface area contributed by atoms with Crippen molar-refractivity contribution in [2.75, 3.05) is 20.1 Å². The average molecular weight is 348 g/mol. The minimum Gasteiger partial charge on any atom is -0.435 e. The molecule has 0 aliphatic carbocycles. The van der Waals surface area contributed by atoms with Crippen LogP contribution in [-0.4, -0.2) is 37.6 Å². The van der Waals surface area contributed by atoms with E-state index in [4.69, 9.17) is 0 Å². The number of hydrogen-bond donors (Lipinski definition) is 1. The van der Waals surface area contributed by atoms with Crippen LogP contribution >= 0.6 is 0 Å². The lowest BCUT2D eigenvalue weighted by Gasteiger charge is -2.16. The van der Waals surface area contributed by atoms with Gasteiger partial charge in [0, 0.05) is 18.7 Å². The third kappa shape index (κ3) is 6.89. The van der Waals surface area contributed by atoms with E-state index in [9.17, 15) is 13.6 Å². The Kier molecular flexibility index (Phi) is 7.35. The van der Waals surface area contributed by atoms with Gasteiger partial charge >= 0.3 is 6.61 Å². The lowest BCUT2D eigenvalue weighted by Crippen LogP contribution is -2.28. The first kappa shape index (κ1) is 18.9. The van der Waals surface area contributed by atoms with E-state index >= 15 is 0 Å². The Bertz CT molecular complexity index is 648. The molecule has 0 spiro atoms. The SMILES string of the molecule is CN(CCCNC(=O)c1ccc(OC(F)F)cc1)Cc1ccccc1. The first-order valence-electron chi connectivity index (χ1n) is 8.10. The van der Waals surface area contributed by atoms with E-state index in [1.54, 1.807) is 0 Å². The van der Waals surface area contributed by atoms with Crippen molar-refractivity contribution in [1.29, 1.82) is 0 Å². The summed E-state index contributed by atoms with van der Waals surface area (Å²) in [6.45, 7) is -0.600. The van der Waals surface area contributed by atoms with Crippen LogP contribution in [0.15, 0.2) is 54.6 Å². The Morgan fingerprint density at radius 2 is 1.80 bits per heavy atom.